The third-order valence-electron chi connectivity index (χ3n) is 3.20. The van der Waals surface area contributed by atoms with Crippen LogP contribution in [0.5, 0.6) is 0 Å². The van der Waals surface area contributed by atoms with E-state index < -0.39 is 29.0 Å². The van der Waals surface area contributed by atoms with Gasteiger partial charge in [-0.25, -0.2) is 13.2 Å². The van der Waals surface area contributed by atoms with Gasteiger partial charge >= 0.3 is 0 Å². The SMILES string of the molecule is Cc1nn(C)c2sc(C(=O)Nc3ccc(F)c(F)c3F)cc12. The lowest BCUT2D eigenvalue weighted by Crippen LogP contribution is -2.12. The standard InChI is InChI=1S/C14H10F3N3OS/c1-6-7-5-10(22-14(7)20(2)19-6)13(21)18-9-4-3-8(15)11(16)12(9)17/h3-5H,1-2H3,(H,18,21). The summed E-state index contributed by atoms with van der Waals surface area (Å²) >= 11 is 1.18. The number of aromatic nitrogens is 2. The van der Waals surface area contributed by atoms with Crippen molar-refractivity contribution in [1.82, 2.24) is 9.78 Å². The Labute approximate surface area is 127 Å². The van der Waals surface area contributed by atoms with Gasteiger partial charge in [0.05, 0.1) is 16.3 Å². The zero-order valence-corrected chi connectivity index (χ0v) is 12.4. The van der Waals surface area contributed by atoms with Gasteiger partial charge in [-0.05, 0) is 25.1 Å². The highest BCUT2D eigenvalue weighted by Gasteiger charge is 2.19. The van der Waals surface area contributed by atoms with E-state index in [2.05, 4.69) is 10.4 Å². The lowest BCUT2D eigenvalue weighted by molar-refractivity contribution is 0.103. The third kappa shape index (κ3) is 2.25. The summed E-state index contributed by atoms with van der Waals surface area (Å²) in [5, 5.41) is 7.28. The van der Waals surface area contributed by atoms with Crippen LogP contribution in [0.2, 0.25) is 0 Å². The number of nitrogens with one attached hydrogen (secondary N) is 1. The highest BCUT2D eigenvalue weighted by Crippen LogP contribution is 2.28. The number of benzene rings is 1. The predicted octanol–water partition coefficient (Wildman–Crippen LogP) is 3.61. The molecule has 0 aliphatic carbocycles. The lowest BCUT2D eigenvalue weighted by atomic mass is 10.2. The van der Waals surface area contributed by atoms with Gasteiger partial charge in [0.25, 0.3) is 5.91 Å². The molecule has 22 heavy (non-hydrogen) atoms. The van der Waals surface area contributed by atoms with Gasteiger partial charge in [-0.15, -0.1) is 11.3 Å². The molecular formula is C14H10F3N3OS. The van der Waals surface area contributed by atoms with Crippen LogP contribution in [0.3, 0.4) is 0 Å². The Morgan fingerprint density at radius 2 is 2.00 bits per heavy atom. The van der Waals surface area contributed by atoms with Gasteiger partial charge in [0.2, 0.25) is 0 Å². The van der Waals surface area contributed by atoms with Crippen LogP contribution in [-0.2, 0) is 7.05 Å². The van der Waals surface area contributed by atoms with Crippen molar-refractivity contribution < 1.29 is 18.0 Å². The number of anilines is 1. The first-order valence-electron chi connectivity index (χ1n) is 6.26. The number of carbonyl (C=O) groups excluding carboxylic acids is 1. The maximum atomic E-state index is 13.6. The Morgan fingerprint density at radius 1 is 1.27 bits per heavy atom. The Balaban J connectivity index is 1.93. The quantitative estimate of drug-likeness (QED) is 0.732. The van der Waals surface area contributed by atoms with Gasteiger partial charge < -0.3 is 5.32 Å². The Hall–Kier alpha value is -2.35. The molecule has 2 aromatic heterocycles. The fourth-order valence-electron chi connectivity index (χ4n) is 2.12. The molecule has 0 bridgehead atoms. The minimum absolute atomic E-state index is 0.329. The second kappa shape index (κ2) is 5.13. The zero-order chi connectivity index (χ0) is 16.0. The van der Waals surface area contributed by atoms with Crippen LogP contribution in [0.1, 0.15) is 15.4 Å². The summed E-state index contributed by atoms with van der Waals surface area (Å²) < 4.78 is 41.2. The number of hydrogen-bond acceptors (Lipinski definition) is 3. The van der Waals surface area contributed by atoms with E-state index in [9.17, 15) is 18.0 Å². The number of rotatable bonds is 2. The molecule has 0 aliphatic heterocycles. The van der Waals surface area contributed by atoms with Crippen molar-refractivity contribution in [2.24, 2.45) is 7.05 Å². The molecule has 0 saturated carbocycles. The highest BCUT2D eigenvalue weighted by atomic mass is 32.1. The van der Waals surface area contributed by atoms with Crippen molar-refractivity contribution in [3.63, 3.8) is 0 Å². The number of hydrogen-bond donors (Lipinski definition) is 1. The van der Waals surface area contributed by atoms with Crippen LogP contribution in [0.25, 0.3) is 10.2 Å². The molecule has 1 amide bonds. The van der Waals surface area contributed by atoms with E-state index in [-0.39, 0.29) is 0 Å². The van der Waals surface area contributed by atoms with Gasteiger partial charge in [-0.3, -0.25) is 9.48 Å². The summed E-state index contributed by atoms with van der Waals surface area (Å²) in [7, 11) is 1.75. The number of amides is 1. The first-order chi connectivity index (χ1) is 10.4. The van der Waals surface area contributed by atoms with Crippen molar-refractivity contribution in [1.29, 1.82) is 0 Å². The number of fused-ring (bicyclic) bond motifs is 1. The fraction of sp³-hybridized carbons (Fsp3) is 0.143. The van der Waals surface area contributed by atoms with Crippen molar-refractivity contribution >= 4 is 33.1 Å². The first kappa shape index (κ1) is 14.6. The molecule has 1 aromatic carbocycles. The summed E-state index contributed by atoms with van der Waals surface area (Å²) in [5.41, 5.74) is 0.364. The van der Waals surface area contributed by atoms with Crippen molar-refractivity contribution in [2.45, 2.75) is 6.92 Å². The van der Waals surface area contributed by atoms with Crippen LogP contribution in [0.4, 0.5) is 18.9 Å². The summed E-state index contributed by atoms with van der Waals surface area (Å²) in [4.78, 5) is 13.3. The maximum Gasteiger partial charge on any atom is 0.265 e. The molecule has 3 rings (SSSR count). The third-order valence-corrected chi connectivity index (χ3v) is 4.40. The van der Waals surface area contributed by atoms with Gasteiger partial charge in [0.1, 0.15) is 4.83 Å². The zero-order valence-electron chi connectivity index (χ0n) is 11.6. The molecule has 1 N–H and O–H groups in total. The van der Waals surface area contributed by atoms with Crippen LogP contribution in [-0.4, -0.2) is 15.7 Å². The number of aryl methyl sites for hydroxylation is 2. The van der Waals surface area contributed by atoms with E-state index >= 15 is 0 Å². The maximum absolute atomic E-state index is 13.6. The van der Waals surface area contributed by atoms with Crippen molar-refractivity contribution in [2.75, 3.05) is 5.32 Å². The molecule has 0 radical (unpaired) electrons. The van der Waals surface area contributed by atoms with Crippen LogP contribution in [0, 0.1) is 24.4 Å². The molecule has 0 spiro atoms. The molecule has 114 valence electrons. The first-order valence-corrected chi connectivity index (χ1v) is 7.08. The Kier molecular flexibility index (Phi) is 3.40. The Morgan fingerprint density at radius 3 is 2.68 bits per heavy atom. The monoisotopic (exact) mass is 325 g/mol. The summed E-state index contributed by atoms with van der Waals surface area (Å²) in [6.07, 6.45) is 0. The van der Waals surface area contributed by atoms with Crippen LogP contribution in [0.15, 0.2) is 18.2 Å². The summed E-state index contributed by atoms with van der Waals surface area (Å²) in [6, 6.07) is 3.37. The van der Waals surface area contributed by atoms with Gasteiger partial charge in [0.15, 0.2) is 17.5 Å². The largest absolute Gasteiger partial charge is 0.319 e. The summed E-state index contributed by atoms with van der Waals surface area (Å²) in [5.74, 6) is -4.94. The molecule has 2 heterocycles. The summed E-state index contributed by atoms with van der Waals surface area (Å²) in [6.45, 7) is 1.81. The van der Waals surface area contributed by atoms with Gasteiger partial charge in [-0.2, -0.15) is 5.10 Å². The van der Waals surface area contributed by atoms with Crippen molar-refractivity contribution in [3.05, 3.63) is 46.2 Å². The topological polar surface area (TPSA) is 46.9 Å². The predicted molar refractivity (Wildman–Crippen MR) is 77.6 cm³/mol. The average Bonchev–Trinajstić information content (AvgIpc) is 3.02. The second-order valence-corrected chi connectivity index (χ2v) is 5.75. The normalized spacial score (nSPS) is 11.1. The van der Waals surface area contributed by atoms with E-state index in [0.717, 1.165) is 28.0 Å². The average molecular weight is 325 g/mol. The Bertz CT molecular complexity index is 866. The molecule has 0 unspecified atom stereocenters. The molecule has 8 heteroatoms. The second-order valence-electron chi connectivity index (χ2n) is 4.72. The number of halogens is 3. The number of carbonyl (C=O) groups is 1. The van der Waals surface area contributed by atoms with E-state index in [1.165, 1.54) is 11.3 Å². The van der Waals surface area contributed by atoms with Crippen molar-refractivity contribution in [3.8, 4) is 0 Å². The molecular weight excluding hydrogens is 315 g/mol. The number of nitrogens with zero attached hydrogens (tertiary/aromatic N) is 2. The molecule has 0 saturated heterocycles. The lowest BCUT2D eigenvalue weighted by Gasteiger charge is -2.06. The van der Waals surface area contributed by atoms with E-state index in [1.54, 1.807) is 17.8 Å². The van der Waals surface area contributed by atoms with Gasteiger partial charge in [0, 0.05) is 12.4 Å². The van der Waals surface area contributed by atoms with Gasteiger partial charge in [-0.1, -0.05) is 0 Å². The molecule has 0 fully saturated rings. The molecule has 4 nitrogen and oxygen atoms in total. The van der Waals surface area contributed by atoms with Crippen LogP contribution < -0.4 is 5.32 Å². The minimum Gasteiger partial charge on any atom is -0.319 e. The minimum atomic E-state index is -1.62. The highest BCUT2D eigenvalue weighted by molar-refractivity contribution is 7.20. The number of thiophene rings is 1. The molecule has 0 aliphatic rings. The smallest absolute Gasteiger partial charge is 0.265 e. The van der Waals surface area contributed by atoms with Crippen LogP contribution >= 0.6 is 11.3 Å². The van der Waals surface area contributed by atoms with E-state index in [4.69, 9.17) is 0 Å². The van der Waals surface area contributed by atoms with E-state index in [0.29, 0.717) is 4.88 Å². The fourth-order valence-corrected chi connectivity index (χ4v) is 3.14. The van der Waals surface area contributed by atoms with E-state index in [1.807, 2.05) is 6.92 Å². The molecule has 3 aromatic rings. The molecule has 0 atom stereocenters.